The summed E-state index contributed by atoms with van der Waals surface area (Å²) >= 11 is 0. The number of nitrogens with zero attached hydrogens (tertiary/aromatic N) is 3. The number of likely N-dealkylation sites (tertiary alicyclic amines) is 1. The van der Waals surface area contributed by atoms with Crippen LogP contribution in [0.3, 0.4) is 0 Å². The van der Waals surface area contributed by atoms with Gasteiger partial charge in [0.05, 0.1) is 0 Å². The number of ether oxygens (including phenoxy) is 1. The van der Waals surface area contributed by atoms with Crippen molar-refractivity contribution >= 4 is 18.1 Å². The zero-order valence-corrected chi connectivity index (χ0v) is 19.0. The van der Waals surface area contributed by atoms with E-state index in [1.54, 1.807) is 11.0 Å². The summed E-state index contributed by atoms with van der Waals surface area (Å²) in [6.07, 6.45) is 3.55. The second-order valence-corrected chi connectivity index (χ2v) is 8.86. The smallest absolute Gasteiger partial charge is 0.407 e. The Morgan fingerprint density at radius 2 is 1.93 bits per heavy atom. The van der Waals surface area contributed by atoms with Gasteiger partial charge < -0.3 is 19.5 Å². The molecule has 2 rings (SSSR count). The normalized spacial score (nSPS) is 15.6. The highest BCUT2D eigenvalue weighted by Gasteiger charge is 2.27. The molecule has 0 radical (unpaired) electrons. The molecule has 0 bridgehead atoms. The van der Waals surface area contributed by atoms with Crippen molar-refractivity contribution in [1.29, 1.82) is 5.26 Å². The third-order valence-electron chi connectivity index (χ3n) is 5.21. The van der Waals surface area contributed by atoms with E-state index < -0.39 is 11.7 Å². The molecule has 0 unspecified atom stereocenters. The Morgan fingerprint density at radius 1 is 1.30 bits per heavy atom. The second kappa shape index (κ2) is 9.84. The van der Waals surface area contributed by atoms with Gasteiger partial charge in [-0.3, -0.25) is 4.79 Å². The van der Waals surface area contributed by atoms with E-state index in [1.807, 2.05) is 40.7 Å². The van der Waals surface area contributed by atoms with Crippen LogP contribution in [0.1, 0.15) is 63.9 Å². The molecule has 1 aromatic rings. The fourth-order valence-electron chi connectivity index (χ4n) is 3.71. The molecule has 2 heterocycles. The van der Waals surface area contributed by atoms with E-state index in [2.05, 4.69) is 22.9 Å². The van der Waals surface area contributed by atoms with Crippen molar-refractivity contribution in [2.45, 2.75) is 79.0 Å². The van der Waals surface area contributed by atoms with Gasteiger partial charge >= 0.3 is 6.09 Å². The SMILES string of the molecule is CCCn1c(C)cc(/C=C(/C#N)C(=O)N2CCC(NC(=O)OC(C)(C)C)CC2)c1C. The van der Waals surface area contributed by atoms with E-state index in [1.165, 1.54) is 0 Å². The fourth-order valence-corrected chi connectivity index (χ4v) is 3.71. The summed E-state index contributed by atoms with van der Waals surface area (Å²) in [7, 11) is 0. The second-order valence-electron chi connectivity index (χ2n) is 8.86. The molecule has 1 fully saturated rings. The molecule has 164 valence electrons. The first-order chi connectivity index (χ1) is 14.1. The van der Waals surface area contributed by atoms with Crippen LogP contribution in [0.5, 0.6) is 0 Å². The Morgan fingerprint density at radius 3 is 2.47 bits per heavy atom. The minimum atomic E-state index is -0.542. The molecule has 0 aromatic carbocycles. The lowest BCUT2D eigenvalue weighted by atomic mass is 10.0. The summed E-state index contributed by atoms with van der Waals surface area (Å²) in [5.41, 5.74) is 2.70. The van der Waals surface area contributed by atoms with Gasteiger partial charge in [0.15, 0.2) is 0 Å². The fraction of sp³-hybridized carbons (Fsp3) is 0.609. The van der Waals surface area contributed by atoms with Crippen LogP contribution < -0.4 is 5.32 Å². The Labute approximate surface area is 179 Å². The number of alkyl carbamates (subject to hydrolysis) is 1. The standard InChI is InChI=1S/C23H34N4O3/c1-7-10-27-16(2)13-18(17(27)3)14-19(15-24)21(28)26-11-8-20(9-12-26)25-22(29)30-23(4,5)6/h13-14,20H,7-12H2,1-6H3,(H,25,29)/b19-14-. The molecule has 0 spiro atoms. The highest BCUT2D eigenvalue weighted by molar-refractivity contribution is 6.01. The Balaban J connectivity index is 2.01. The monoisotopic (exact) mass is 414 g/mol. The topological polar surface area (TPSA) is 87.4 Å². The van der Waals surface area contributed by atoms with Gasteiger partial charge in [-0.15, -0.1) is 0 Å². The van der Waals surface area contributed by atoms with Crippen molar-refractivity contribution < 1.29 is 14.3 Å². The van der Waals surface area contributed by atoms with Crippen molar-refractivity contribution in [1.82, 2.24) is 14.8 Å². The van der Waals surface area contributed by atoms with Crippen molar-refractivity contribution in [3.05, 3.63) is 28.6 Å². The molecule has 1 saturated heterocycles. The molecule has 0 aliphatic carbocycles. The van der Waals surface area contributed by atoms with Crippen LogP contribution >= 0.6 is 0 Å². The van der Waals surface area contributed by atoms with Gasteiger partial charge in [0.2, 0.25) is 0 Å². The molecule has 1 aliphatic rings. The average molecular weight is 415 g/mol. The minimum Gasteiger partial charge on any atom is -0.444 e. The van der Waals surface area contributed by atoms with Crippen molar-refractivity contribution in [2.75, 3.05) is 13.1 Å². The number of nitrogens with one attached hydrogen (secondary N) is 1. The zero-order valence-electron chi connectivity index (χ0n) is 19.0. The highest BCUT2D eigenvalue weighted by atomic mass is 16.6. The summed E-state index contributed by atoms with van der Waals surface area (Å²) in [6.45, 7) is 13.5. The molecule has 7 heteroatoms. The summed E-state index contributed by atoms with van der Waals surface area (Å²) < 4.78 is 7.50. The van der Waals surface area contributed by atoms with Gasteiger partial charge in [0.25, 0.3) is 5.91 Å². The molecule has 1 aromatic heterocycles. The number of hydrogen-bond donors (Lipinski definition) is 1. The lowest BCUT2D eigenvalue weighted by Crippen LogP contribution is -2.47. The highest BCUT2D eigenvalue weighted by Crippen LogP contribution is 2.21. The lowest BCUT2D eigenvalue weighted by Gasteiger charge is -2.32. The number of nitriles is 1. The van der Waals surface area contributed by atoms with Crippen LogP contribution in [0, 0.1) is 25.2 Å². The summed E-state index contributed by atoms with van der Waals surface area (Å²) in [4.78, 5) is 26.5. The molecule has 7 nitrogen and oxygen atoms in total. The molecule has 30 heavy (non-hydrogen) atoms. The summed E-state index contributed by atoms with van der Waals surface area (Å²) in [5, 5.41) is 12.5. The predicted octanol–water partition coefficient (Wildman–Crippen LogP) is 3.94. The number of carbonyl (C=O) groups excluding carboxylic acids is 2. The van der Waals surface area contributed by atoms with Crippen LogP contribution in [0.4, 0.5) is 4.79 Å². The maximum Gasteiger partial charge on any atom is 0.407 e. The Bertz CT molecular complexity index is 847. The largest absolute Gasteiger partial charge is 0.444 e. The Hall–Kier alpha value is -2.75. The number of rotatable bonds is 5. The van der Waals surface area contributed by atoms with Gasteiger partial charge in [-0.1, -0.05) is 6.92 Å². The van der Waals surface area contributed by atoms with Crippen molar-refractivity contribution in [3.63, 3.8) is 0 Å². The van der Waals surface area contributed by atoms with Crippen LogP contribution in [-0.2, 0) is 16.1 Å². The first-order valence-electron chi connectivity index (χ1n) is 10.6. The van der Waals surface area contributed by atoms with Gasteiger partial charge in [0, 0.05) is 37.1 Å². The molecule has 2 amide bonds. The third-order valence-corrected chi connectivity index (χ3v) is 5.21. The molecular formula is C23H34N4O3. The van der Waals surface area contributed by atoms with Crippen LogP contribution in [0.25, 0.3) is 6.08 Å². The van der Waals surface area contributed by atoms with E-state index >= 15 is 0 Å². The number of amides is 2. The first-order valence-corrected chi connectivity index (χ1v) is 10.6. The van der Waals surface area contributed by atoms with Crippen LogP contribution in [0.15, 0.2) is 11.6 Å². The van der Waals surface area contributed by atoms with Crippen molar-refractivity contribution in [3.8, 4) is 6.07 Å². The lowest BCUT2D eigenvalue weighted by molar-refractivity contribution is -0.127. The maximum absolute atomic E-state index is 12.9. The van der Waals surface area contributed by atoms with Crippen LogP contribution in [0.2, 0.25) is 0 Å². The van der Waals surface area contributed by atoms with E-state index in [4.69, 9.17) is 4.74 Å². The summed E-state index contributed by atoms with van der Waals surface area (Å²) in [6, 6.07) is 4.06. The number of piperidine rings is 1. The minimum absolute atomic E-state index is 0.0358. The number of carbonyl (C=O) groups is 2. The molecule has 1 N–H and O–H groups in total. The van der Waals surface area contributed by atoms with Gasteiger partial charge in [-0.05, 0) is 71.6 Å². The maximum atomic E-state index is 12.9. The first kappa shape index (κ1) is 23.5. The van der Waals surface area contributed by atoms with E-state index in [-0.39, 0.29) is 17.5 Å². The Kier molecular flexibility index (Phi) is 7.71. The molecule has 0 atom stereocenters. The number of aryl methyl sites for hydroxylation is 1. The van der Waals surface area contributed by atoms with Crippen LogP contribution in [-0.4, -0.2) is 46.2 Å². The molecular weight excluding hydrogens is 380 g/mol. The van der Waals surface area contributed by atoms with E-state index in [0.717, 1.165) is 29.9 Å². The quantitative estimate of drug-likeness (QED) is 0.584. The molecule has 0 saturated carbocycles. The molecule has 1 aliphatic heterocycles. The summed E-state index contributed by atoms with van der Waals surface area (Å²) in [5.74, 6) is -0.256. The van der Waals surface area contributed by atoms with E-state index in [9.17, 15) is 14.9 Å². The zero-order chi connectivity index (χ0) is 22.5. The van der Waals surface area contributed by atoms with Gasteiger partial charge in [-0.25, -0.2) is 4.79 Å². The van der Waals surface area contributed by atoms with Crippen molar-refractivity contribution in [2.24, 2.45) is 0 Å². The van der Waals surface area contributed by atoms with Gasteiger partial charge in [-0.2, -0.15) is 5.26 Å². The third kappa shape index (κ3) is 6.12. The average Bonchev–Trinajstić information content (AvgIpc) is 2.92. The van der Waals surface area contributed by atoms with Gasteiger partial charge in [0.1, 0.15) is 17.2 Å². The number of aromatic nitrogens is 1. The predicted molar refractivity (Wildman–Crippen MR) is 117 cm³/mol. The number of hydrogen-bond acceptors (Lipinski definition) is 4. The van der Waals surface area contributed by atoms with E-state index in [0.29, 0.717) is 25.9 Å².